The molecule has 2 atom stereocenters. The zero-order valence-electron chi connectivity index (χ0n) is 8.22. The van der Waals surface area contributed by atoms with Crippen LogP contribution >= 0.6 is 0 Å². The molecular formula is C10H14O3. The highest BCUT2D eigenvalue weighted by Gasteiger charge is 2.63. The molecule has 0 spiro atoms. The average Bonchev–Trinajstić information content (AvgIpc) is 2.33. The van der Waals surface area contributed by atoms with Gasteiger partial charge >= 0.3 is 5.97 Å². The van der Waals surface area contributed by atoms with Crippen molar-refractivity contribution in [1.82, 2.24) is 0 Å². The monoisotopic (exact) mass is 182 g/mol. The van der Waals surface area contributed by atoms with Gasteiger partial charge in [-0.1, -0.05) is 20.8 Å². The summed E-state index contributed by atoms with van der Waals surface area (Å²) in [6.45, 7) is 5.81. The van der Waals surface area contributed by atoms with Crippen molar-refractivity contribution in [2.45, 2.75) is 39.7 Å². The van der Waals surface area contributed by atoms with E-state index in [1.165, 1.54) is 0 Å². The third-order valence-corrected chi connectivity index (χ3v) is 3.99. The first kappa shape index (κ1) is 8.73. The number of hydrogen-bond acceptors (Lipinski definition) is 3. The minimum atomic E-state index is -0.413. The van der Waals surface area contributed by atoms with E-state index < -0.39 is 5.41 Å². The Balaban J connectivity index is 2.43. The summed E-state index contributed by atoms with van der Waals surface area (Å²) in [6.07, 6.45) is 0.605. The molecule has 2 aliphatic rings. The maximum absolute atomic E-state index is 11.6. The lowest BCUT2D eigenvalue weighted by Crippen LogP contribution is -2.37. The van der Waals surface area contributed by atoms with Gasteiger partial charge in [-0.15, -0.1) is 0 Å². The van der Waals surface area contributed by atoms with E-state index in [4.69, 9.17) is 4.74 Å². The van der Waals surface area contributed by atoms with E-state index >= 15 is 0 Å². The molecule has 0 aromatic rings. The Morgan fingerprint density at radius 2 is 1.92 bits per heavy atom. The zero-order chi connectivity index (χ0) is 9.85. The van der Waals surface area contributed by atoms with Crippen LogP contribution < -0.4 is 0 Å². The van der Waals surface area contributed by atoms with Gasteiger partial charge in [0.15, 0.2) is 0 Å². The molecule has 0 aromatic heterocycles. The van der Waals surface area contributed by atoms with Crippen molar-refractivity contribution in [1.29, 1.82) is 0 Å². The van der Waals surface area contributed by atoms with Crippen LogP contribution in [0.3, 0.4) is 0 Å². The second-order valence-corrected chi connectivity index (χ2v) is 4.83. The van der Waals surface area contributed by atoms with E-state index in [1.54, 1.807) is 0 Å². The van der Waals surface area contributed by atoms with E-state index in [9.17, 15) is 9.59 Å². The molecule has 0 aromatic carbocycles. The number of ketones is 1. The Morgan fingerprint density at radius 3 is 2.46 bits per heavy atom. The van der Waals surface area contributed by atoms with Gasteiger partial charge in [0.25, 0.3) is 0 Å². The molecule has 1 saturated heterocycles. The molecule has 2 unspecified atom stereocenters. The molecule has 1 aliphatic carbocycles. The summed E-state index contributed by atoms with van der Waals surface area (Å²) >= 11 is 0. The maximum Gasteiger partial charge on any atom is 0.306 e. The molecule has 72 valence electrons. The van der Waals surface area contributed by atoms with Crippen LogP contribution in [0, 0.1) is 10.8 Å². The lowest BCUT2D eigenvalue weighted by Gasteiger charge is -2.33. The first-order valence-corrected chi connectivity index (χ1v) is 4.61. The molecule has 2 rings (SSSR count). The van der Waals surface area contributed by atoms with E-state index in [0.29, 0.717) is 12.8 Å². The molecule has 13 heavy (non-hydrogen) atoms. The van der Waals surface area contributed by atoms with Crippen molar-refractivity contribution in [3.8, 4) is 0 Å². The van der Waals surface area contributed by atoms with Crippen molar-refractivity contribution < 1.29 is 14.3 Å². The third kappa shape index (κ3) is 0.847. The number of esters is 1. The average molecular weight is 182 g/mol. The summed E-state index contributed by atoms with van der Waals surface area (Å²) in [5, 5.41) is 0. The Morgan fingerprint density at radius 1 is 1.31 bits per heavy atom. The van der Waals surface area contributed by atoms with Gasteiger partial charge in [0.2, 0.25) is 0 Å². The summed E-state index contributed by atoms with van der Waals surface area (Å²) in [6, 6.07) is 0. The van der Waals surface area contributed by atoms with Gasteiger partial charge in [0.1, 0.15) is 11.9 Å². The quantitative estimate of drug-likeness (QED) is 0.530. The second kappa shape index (κ2) is 2.14. The number of carbonyl (C=O) groups excluding carboxylic acids is 2. The zero-order valence-corrected chi connectivity index (χ0v) is 8.22. The Kier molecular flexibility index (Phi) is 1.44. The predicted molar refractivity (Wildman–Crippen MR) is 46.0 cm³/mol. The summed E-state index contributed by atoms with van der Waals surface area (Å²) in [7, 11) is 0. The predicted octanol–water partition coefficient (Wildman–Crippen LogP) is 1.31. The summed E-state index contributed by atoms with van der Waals surface area (Å²) in [4.78, 5) is 22.8. The van der Waals surface area contributed by atoms with Gasteiger partial charge in [-0.3, -0.25) is 9.59 Å². The molecule has 1 saturated carbocycles. The number of hydrogen-bond donors (Lipinski definition) is 0. The van der Waals surface area contributed by atoms with Crippen molar-refractivity contribution >= 4 is 11.8 Å². The fourth-order valence-electron chi connectivity index (χ4n) is 2.38. The lowest BCUT2D eigenvalue weighted by molar-refractivity contribution is -0.142. The van der Waals surface area contributed by atoms with Crippen molar-refractivity contribution in [2.24, 2.45) is 10.8 Å². The van der Waals surface area contributed by atoms with Crippen LogP contribution in [0.2, 0.25) is 0 Å². The number of rotatable bonds is 0. The first-order chi connectivity index (χ1) is 5.88. The topological polar surface area (TPSA) is 43.4 Å². The van der Waals surface area contributed by atoms with E-state index in [2.05, 4.69) is 0 Å². The van der Waals surface area contributed by atoms with Gasteiger partial charge in [0, 0.05) is 17.3 Å². The van der Waals surface area contributed by atoms with Gasteiger partial charge in [0.05, 0.1) is 6.42 Å². The summed E-state index contributed by atoms with van der Waals surface area (Å²) < 4.78 is 5.13. The number of fused-ring (bicyclic) bond motifs is 1. The van der Waals surface area contributed by atoms with Crippen molar-refractivity contribution in [2.75, 3.05) is 0 Å². The smallest absolute Gasteiger partial charge is 0.306 e. The van der Waals surface area contributed by atoms with Crippen LogP contribution in [0.1, 0.15) is 33.6 Å². The standard InChI is InChI=1S/C10H14O3/c1-9(2)6(11)4-7-10(9,3)5-8(12)13-7/h7H,4-5H2,1-3H3. The van der Waals surface area contributed by atoms with Crippen LogP contribution in [-0.4, -0.2) is 17.9 Å². The number of carbonyl (C=O) groups is 2. The molecule has 1 aliphatic heterocycles. The summed E-state index contributed by atoms with van der Waals surface area (Å²) in [5.74, 6) is 0.0561. The highest BCUT2D eigenvalue weighted by atomic mass is 16.6. The molecular weight excluding hydrogens is 168 g/mol. The van der Waals surface area contributed by atoms with Crippen LogP contribution in [0.15, 0.2) is 0 Å². The van der Waals surface area contributed by atoms with Crippen LogP contribution in [-0.2, 0) is 14.3 Å². The molecule has 0 radical (unpaired) electrons. The van der Waals surface area contributed by atoms with Crippen LogP contribution in [0.5, 0.6) is 0 Å². The fraction of sp³-hybridized carbons (Fsp3) is 0.800. The highest BCUT2D eigenvalue weighted by molar-refractivity contribution is 5.91. The van der Waals surface area contributed by atoms with E-state index in [1.807, 2.05) is 20.8 Å². The van der Waals surface area contributed by atoms with Crippen molar-refractivity contribution in [3.05, 3.63) is 0 Å². The molecule has 1 heterocycles. The normalized spacial score (nSPS) is 41.9. The summed E-state index contributed by atoms with van der Waals surface area (Å²) in [5.41, 5.74) is -0.689. The Bertz CT molecular complexity index is 293. The van der Waals surface area contributed by atoms with Crippen LogP contribution in [0.25, 0.3) is 0 Å². The van der Waals surface area contributed by atoms with Crippen LogP contribution in [0.4, 0.5) is 0 Å². The Hall–Kier alpha value is -0.860. The fourth-order valence-corrected chi connectivity index (χ4v) is 2.38. The van der Waals surface area contributed by atoms with Gasteiger partial charge < -0.3 is 4.74 Å². The minimum absolute atomic E-state index is 0.159. The number of Topliss-reactive ketones (excluding diaryl/α,β-unsaturated/α-hetero) is 1. The van der Waals surface area contributed by atoms with Gasteiger partial charge in [-0.05, 0) is 0 Å². The first-order valence-electron chi connectivity index (χ1n) is 4.61. The minimum Gasteiger partial charge on any atom is -0.461 e. The molecule has 0 bridgehead atoms. The van der Waals surface area contributed by atoms with E-state index in [-0.39, 0.29) is 23.3 Å². The lowest BCUT2D eigenvalue weighted by atomic mass is 9.67. The highest BCUT2D eigenvalue weighted by Crippen LogP contribution is 2.56. The number of ether oxygens (including phenoxy) is 1. The maximum atomic E-state index is 11.6. The molecule has 0 N–H and O–H groups in total. The van der Waals surface area contributed by atoms with Gasteiger partial charge in [-0.2, -0.15) is 0 Å². The molecule has 3 heteroatoms. The molecule has 3 nitrogen and oxygen atoms in total. The third-order valence-electron chi connectivity index (χ3n) is 3.99. The second-order valence-electron chi connectivity index (χ2n) is 4.83. The SMILES string of the molecule is CC1(C)C(=O)CC2OC(=O)CC21C. The van der Waals surface area contributed by atoms with E-state index in [0.717, 1.165) is 0 Å². The largest absolute Gasteiger partial charge is 0.461 e. The molecule has 0 amide bonds. The van der Waals surface area contributed by atoms with Crippen molar-refractivity contribution in [3.63, 3.8) is 0 Å². The Labute approximate surface area is 77.4 Å². The molecule has 2 fully saturated rings. The van der Waals surface area contributed by atoms with Gasteiger partial charge in [-0.25, -0.2) is 0 Å².